The summed E-state index contributed by atoms with van der Waals surface area (Å²) in [6.07, 6.45) is 3.13. The molecule has 0 amide bonds. The molecule has 18 heavy (non-hydrogen) atoms. The van der Waals surface area contributed by atoms with Crippen LogP contribution in [0.1, 0.15) is 21.9 Å². The van der Waals surface area contributed by atoms with Gasteiger partial charge < -0.3 is 9.66 Å². The van der Waals surface area contributed by atoms with Crippen molar-refractivity contribution in [3.05, 3.63) is 65.5 Å². The Morgan fingerprint density at radius 1 is 1.11 bits per heavy atom. The average Bonchev–Trinajstić information content (AvgIpc) is 2.40. The van der Waals surface area contributed by atoms with Crippen LogP contribution in [0.2, 0.25) is 0 Å². The van der Waals surface area contributed by atoms with Crippen LogP contribution < -0.4 is 0 Å². The first-order chi connectivity index (χ1) is 8.72. The summed E-state index contributed by atoms with van der Waals surface area (Å²) in [4.78, 5) is 3.87. The molecule has 0 spiro atoms. The van der Waals surface area contributed by atoms with E-state index >= 15 is 0 Å². The van der Waals surface area contributed by atoms with Gasteiger partial charge in [-0.25, -0.2) is 0 Å². The fourth-order valence-electron chi connectivity index (χ4n) is 1.75. The Bertz CT molecular complexity index is 528. The summed E-state index contributed by atoms with van der Waals surface area (Å²) in [5.41, 5.74) is 2.10. The molecule has 0 radical (unpaired) electrons. The molecule has 2 unspecified atom stereocenters. The van der Waals surface area contributed by atoms with Crippen LogP contribution in [0.25, 0.3) is 0 Å². The third kappa shape index (κ3) is 2.81. The van der Waals surface area contributed by atoms with Gasteiger partial charge in [0.2, 0.25) is 0 Å². The molecule has 2 rings (SSSR count). The fraction of sp³-hybridized carbons (Fsp3) is 0.154. The third-order valence-electron chi connectivity index (χ3n) is 2.67. The van der Waals surface area contributed by atoms with Gasteiger partial charge in [-0.15, -0.1) is 0 Å². The molecule has 0 saturated carbocycles. The maximum atomic E-state index is 11.4. The van der Waals surface area contributed by atoms with Crippen LogP contribution in [0.4, 0.5) is 0 Å². The number of aliphatic hydroxyl groups excluding tert-OH is 1. The standard InChI is InChI=1S/C13H13NO3S/c15-9-10-1-3-11(4-2-10)13(18(16)17)12-5-7-14-8-6-12/h1-8,13,15H,9H2,(H,16,17)/p-1. The highest BCUT2D eigenvalue weighted by Crippen LogP contribution is 2.27. The van der Waals surface area contributed by atoms with Gasteiger partial charge in [0.05, 0.1) is 11.9 Å². The first-order valence-electron chi connectivity index (χ1n) is 5.40. The molecular formula is C13H12NO3S-. The van der Waals surface area contributed by atoms with E-state index in [0.29, 0.717) is 11.1 Å². The summed E-state index contributed by atoms with van der Waals surface area (Å²) in [5, 5.41) is 8.26. The molecule has 0 aliphatic heterocycles. The largest absolute Gasteiger partial charge is 0.772 e. The third-order valence-corrected chi connectivity index (χ3v) is 3.60. The van der Waals surface area contributed by atoms with Gasteiger partial charge in [-0.2, -0.15) is 0 Å². The predicted molar refractivity (Wildman–Crippen MR) is 67.4 cm³/mol. The van der Waals surface area contributed by atoms with E-state index in [1.807, 2.05) is 0 Å². The maximum absolute atomic E-state index is 11.4. The van der Waals surface area contributed by atoms with Gasteiger partial charge in [0, 0.05) is 12.4 Å². The normalized spacial score (nSPS) is 14.1. The van der Waals surface area contributed by atoms with Crippen LogP contribution in [0.5, 0.6) is 0 Å². The van der Waals surface area contributed by atoms with Crippen molar-refractivity contribution >= 4 is 11.1 Å². The van der Waals surface area contributed by atoms with Crippen molar-refractivity contribution in [2.24, 2.45) is 0 Å². The minimum Gasteiger partial charge on any atom is -0.772 e. The first kappa shape index (κ1) is 12.9. The van der Waals surface area contributed by atoms with Gasteiger partial charge in [-0.05, 0) is 39.9 Å². The minimum atomic E-state index is -2.25. The van der Waals surface area contributed by atoms with Gasteiger partial charge in [0.1, 0.15) is 0 Å². The Labute approximate surface area is 108 Å². The van der Waals surface area contributed by atoms with Gasteiger partial charge in [0.25, 0.3) is 0 Å². The predicted octanol–water partition coefficient (Wildman–Crippen LogP) is 1.54. The van der Waals surface area contributed by atoms with Crippen molar-refractivity contribution in [3.8, 4) is 0 Å². The van der Waals surface area contributed by atoms with Crippen LogP contribution in [0.3, 0.4) is 0 Å². The van der Waals surface area contributed by atoms with Gasteiger partial charge in [-0.1, -0.05) is 24.3 Å². The van der Waals surface area contributed by atoms with Gasteiger partial charge >= 0.3 is 0 Å². The fourth-order valence-corrected chi connectivity index (χ4v) is 2.51. The second-order valence-corrected chi connectivity index (χ2v) is 4.81. The molecule has 0 saturated heterocycles. The summed E-state index contributed by atoms with van der Waals surface area (Å²) >= 11 is -2.25. The van der Waals surface area contributed by atoms with Crippen molar-refractivity contribution < 1.29 is 13.9 Å². The molecule has 1 heterocycles. The number of benzene rings is 1. The van der Waals surface area contributed by atoms with Crippen LogP contribution in [-0.4, -0.2) is 18.9 Å². The van der Waals surface area contributed by atoms with E-state index in [-0.39, 0.29) is 6.61 Å². The highest BCUT2D eigenvalue weighted by Gasteiger charge is 2.14. The summed E-state index contributed by atoms with van der Waals surface area (Å²) in [6.45, 7) is -0.0549. The van der Waals surface area contributed by atoms with Crippen molar-refractivity contribution in [3.63, 3.8) is 0 Å². The second kappa shape index (κ2) is 5.86. The van der Waals surface area contributed by atoms with Crippen LogP contribution in [-0.2, 0) is 17.7 Å². The van der Waals surface area contributed by atoms with E-state index in [1.165, 1.54) is 0 Å². The molecule has 5 heteroatoms. The summed E-state index contributed by atoms with van der Waals surface area (Å²) < 4.78 is 22.8. The highest BCUT2D eigenvalue weighted by molar-refractivity contribution is 7.79. The highest BCUT2D eigenvalue weighted by atomic mass is 32.2. The Morgan fingerprint density at radius 2 is 1.67 bits per heavy atom. The molecule has 1 aromatic carbocycles. The Kier molecular flexibility index (Phi) is 4.19. The lowest BCUT2D eigenvalue weighted by Gasteiger charge is -2.20. The van der Waals surface area contributed by atoms with E-state index in [0.717, 1.165) is 5.56 Å². The monoisotopic (exact) mass is 262 g/mol. The molecule has 0 aliphatic carbocycles. The van der Waals surface area contributed by atoms with E-state index < -0.39 is 16.3 Å². The maximum Gasteiger partial charge on any atom is 0.0715 e. The zero-order chi connectivity index (χ0) is 13.0. The quantitative estimate of drug-likeness (QED) is 0.848. The van der Waals surface area contributed by atoms with Crippen molar-refractivity contribution in [1.29, 1.82) is 0 Å². The van der Waals surface area contributed by atoms with E-state index in [1.54, 1.807) is 48.8 Å². The lowest BCUT2D eigenvalue weighted by Crippen LogP contribution is -2.08. The number of hydrogen-bond acceptors (Lipinski definition) is 4. The van der Waals surface area contributed by atoms with Crippen molar-refractivity contribution in [1.82, 2.24) is 4.98 Å². The smallest absolute Gasteiger partial charge is 0.0715 e. The SMILES string of the molecule is O=S([O-])C(c1ccncc1)c1ccc(CO)cc1. The Morgan fingerprint density at radius 3 is 2.17 bits per heavy atom. The topological polar surface area (TPSA) is 73.2 Å². The molecule has 1 N–H and O–H groups in total. The molecule has 0 fully saturated rings. The number of hydrogen-bond donors (Lipinski definition) is 1. The average molecular weight is 262 g/mol. The zero-order valence-corrected chi connectivity index (χ0v) is 10.3. The Hall–Kier alpha value is -1.56. The zero-order valence-electron chi connectivity index (χ0n) is 9.52. The number of nitrogens with zero attached hydrogens (tertiary/aromatic N) is 1. The van der Waals surface area contributed by atoms with Crippen LogP contribution >= 0.6 is 0 Å². The summed E-state index contributed by atoms with van der Waals surface area (Å²) in [6, 6.07) is 10.2. The van der Waals surface area contributed by atoms with E-state index in [4.69, 9.17) is 5.11 Å². The lowest BCUT2D eigenvalue weighted by molar-refractivity contribution is 0.282. The lowest BCUT2D eigenvalue weighted by atomic mass is 10.0. The van der Waals surface area contributed by atoms with Gasteiger partial charge in [-0.3, -0.25) is 9.19 Å². The molecular weight excluding hydrogens is 250 g/mol. The molecule has 0 bridgehead atoms. The number of pyridine rings is 1. The summed E-state index contributed by atoms with van der Waals surface area (Å²) in [7, 11) is 0. The van der Waals surface area contributed by atoms with Crippen molar-refractivity contribution in [2.45, 2.75) is 11.9 Å². The molecule has 94 valence electrons. The van der Waals surface area contributed by atoms with E-state index in [9.17, 15) is 8.76 Å². The number of aromatic nitrogens is 1. The van der Waals surface area contributed by atoms with Crippen LogP contribution in [0.15, 0.2) is 48.8 Å². The first-order valence-corrected chi connectivity index (χ1v) is 6.54. The molecule has 4 nitrogen and oxygen atoms in total. The minimum absolute atomic E-state index is 0.0549. The molecule has 0 aliphatic rings. The summed E-state index contributed by atoms with van der Waals surface area (Å²) in [5.74, 6) is 0. The molecule has 2 atom stereocenters. The number of rotatable bonds is 4. The number of aliphatic hydroxyl groups is 1. The van der Waals surface area contributed by atoms with Gasteiger partial charge in [0.15, 0.2) is 0 Å². The second-order valence-electron chi connectivity index (χ2n) is 3.82. The van der Waals surface area contributed by atoms with E-state index in [2.05, 4.69) is 4.98 Å². The van der Waals surface area contributed by atoms with Crippen molar-refractivity contribution in [2.75, 3.05) is 0 Å². The molecule has 1 aromatic heterocycles. The van der Waals surface area contributed by atoms with Crippen LogP contribution in [0, 0.1) is 0 Å². The molecule has 2 aromatic rings. The Balaban J connectivity index is 2.39.